The van der Waals surface area contributed by atoms with Crippen molar-refractivity contribution in [1.29, 1.82) is 0 Å². The number of hydrogen-bond acceptors (Lipinski definition) is 5. The molecule has 1 saturated carbocycles. The van der Waals surface area contributed by atoms with Gasteiger partial charge >= 0.3 is 24.0 Å². The number of hydrogen-bond donors (Lipinski definition) is 1. The van der Waals surface area contributed by atoms with Crippen LogP contribution in [0.1, 0.15) is 43.2 Å². The number of alkyl halides is 7. The first-order chi connectivity index (χ1) is 20.4. The molecule has 2 unspecified atom stereocenters. The number of amides is 1. The van der Waals surface area contributed by atoms with Gasteiger partial charge in [-0.1, -0.05) is 23.7 Å². The molecule has 2 aromatic rings. The molecule has 0 spiro atoms. The number of benzene rings is 2. The predicted molar refractivity (Wildman–Crippen MR) is 140 cm³/mol. The molecule has 1 amide bonds. The second kappa shape index (κ2) is 10.8. The van der Waals surface area contributed by atoms with Crippen LogP contribution in [0.15, 0.2) is 47.4 Å². The van der Waals surface area contributed by atoms with Crippen LogP contribution in [-0.4, -0.2) is 61.8 Å². The fraction of sp³-hybridized carbons (Fsp3) is 0.500. The summed E-state index contributed by atoms with van der Waals surface area (Å²) in [6.07, 6.45) is -12.2. The smallest absolute Gasteiger partial charge is 0.435 e. The van der Waals surface area contributed by atoms with E-state index in [1.165, 1.54) is 29.2 Å². The van der Waals surface area contributed by atoms with E-state index < -0.39 is 80.3 Å². The number of carbonyl (C=O) groups excluding carboxylic acids is 1. The van der Waals surface area contributed by atoms with Crippen LogP contribution in [0.2, 0.25) is 5.02 Å². The zero-order valence-corrected chi connectivity index (χ0v) is 24.2. The number of fused-ring (bicyclic) bond motifs is 3. The zero-order valence-electron chi connectivity index (χ0n) is 22.6. The van der Waals surface area contributed by atoms with Gasteiger partial charge in [-0.2, -0.15) is 26.3 Å². The monoisotopic (exact) mass is 671 g/mol. The molecule has 5 rings (SSSR count). The Balaban J connectivity index is 1.62. The van der Waals surface area contributed by atoms with Gasteiger partial charge in [0.1, 0.15) is 17.1 Å². The van der Waals surface area contributed by atoms with Crippen LogP contribution >= 0.6 is 11.6 Å². The highest BCUT2D eigenvalue weighted by Crippen LogP contribution is 2.57. The van der Waals surface area contributed by atoms with E-state index in [1.54, 1.807) is 0 Å². The number of carboxylic acid groups (broad SMARTS) is 1. The van der Waals surface area contributed by atoms with Gasteiger partial charge < -0.3 is 14.7 Å². The number of ether oxygens (including phenoxy) is 1. The second-order valence-electron chi connectivity index (χ2n) is 11.2. The topological polar surface area (TPSA) is 101 Å². The molecule has 3 aliphatic rings. The van der Waals surface area contributed by atoms with E-state index in [1.807, 2.05) is 0 Å². The van der Waals surface area contributed by atoms with Crippen LogP contribution < -0.4 is 4.74 Å². The molecular formula is C28H25ClF7NO6S. The average Bonchev–Trinajstić information content (AvgIpc) is 3.37. The second-order valence-corrected chi connectivity index (χ2v) is 13.9. The summed E-state index contributed by atoms with van der Waals surface area (Å²) in [6, 6.07) is 4.81. The lowest BCUT2D eigenvalue weighted by Crippen LogP contribution is -2.56. The molecule has 1 saturated heterocycles. The van der Waals surface area contributed by atoms with Crippen LogP contribution in [0.25, 0.3) is 0 Å². The molecule has 1 N–H and O–H groups in total. The summed E-state index contributed by atoms with van der Waals surface area (Å²) in [6.45, 7) is -0.783. The maximum atomic E-state index is 14.9. The van der Waals surface area contributed by atoms with E-state index in [9.17, 15) is 53.8 Å². The van der Waals surface area contributed by atoms with Crippen molar-refractivity contribution in [1.82, 2.24) is 4.90 Å². The van der Waals surface area contributed by atoms with E-state index >= 15 is 0 Å². The number of aliphatic carboxylic acids is 1. The Hall–Kier alpha value is -3.07. The number of nitrogens with zero attached hydrogens (tertiary/aromatic N) is 1. The molecule has 2 heterocycles. The van der Waals surface area contributed by atoms with Crippen LogP contribution in [0.5, 0.6) is 5.75 Å². The predicted octanol–water partition coefficient (Wildman–Crippen LogP) is 6.18. The minimum absolute atomic E-state index is 0.155. The molecule has 44 heavy (non-hydrogen) atoms. The molecule has 1 aliphatic carbocycles. The Morgan fingerprint density at radius 2 is 1.48 bits per heavy atom. The third kappa shape index (κ3) is 4.81. The minimum atomic E-state index is -6.40. The van der Waals surface area contributed by atoms with Crippen LogP contribution in [0, 0.1) is 11.8 Å². The van der Waals surface area contributed by atoms with Crippen molar-refractivity contribution in [2.75, 3.05) is 13.2 Å². The maximum absolute atomic E-state index is 14.9. The molecule has 2 atom stereocenters. The van der Waals surface area contributed by atoms with Gasteiger partial charge in [-0.15, -0.1) is 0 Å². The van der Waals surface area contributed by atoms with Crippen LogP contribution in [-0.2, 0) is 29.8 Å². The van der Waals surface area contributed by atoms with Crippen molar-refractivity contribution in [3.8, 4) is 5.75 Å². The van der Waals surface area contributed by atoms with E-state index in [0.29, 0.717) is 6.07 Å². The van der Waals surface area contributed by atoms with Gasteiger partial charge in [0.25, 0.3) is 0 Å². The maximum Gasteiger partial charge on any atom is 0.435 e. The molecule has 2 aromatic carbocycles. The van der Waals surface area contributed by atoms with Crippen molar-refractivity contribution in [2.45, 2.75) is 65.8 Å². The Morgan fingerprint density at radius 1 is 0.909 bits per heavy atom. The molecule has 16 heteroatoms. The molecule has 240 valence electrons. The van der Waals surface area contributed by atoms with Gasteiger partial charge in [-0.25, -0.2) is 12.8 Å². The Morgan fingerprint density at radius 3 is 2.02 bits per heavy atom. The number of halogens is 8. The fourth-order valence-electron chi connectivity index (χ4n) is 6.63. The third-order valence-corrected chi connectivity index (χ3v) is 11.8. The molecule has 2 aliphatic heterocycles. The lowest BCUT2D eigenvalue weighted by atomic mass is 9.81. The van der Waals surface area contributed by atoms with Crippen molar-refractivity contribution in [3.63, 3.8) is 0 Å². The lowest BCUT2D eigenvalue weighted by molar-refractivity contribution is -0.348. The summed E-state index contributed by atoms with van der Waals surface area (Å²) >= 11 is 5.93. The SMILES string of the molecule is O=C(O)[C@H]1CC[C@H](C(=O)N2CCC3(S(=O)(=O)c4ccc(Cl)cc4)c4ccc(C(F)(C(F)(F)F)C(F)(F)F)cc4OCC23)CC1. The van der Waals surface area contributed by atoms with Gasteiger partial charge in [0, 0.05) is 28.6 Å². The highest BCUT2D eigenvalue weighted by molar-refractivity contribution is 7.92. The van der Waals surface area contributed by atoms with Crippen LogP contribution in [0.3, 0.4) is 0 Å². The van der Waals surface area contributed by atoms with E-state index in [2.05, 4.69) is 0 Å². The molecule has 0 bridgehead atoms. The quantitative estimate of drug-likeness (QED) is 0.381. The highest BCUT2D eigenvalue weighted by Gasteiger charge is 2.74. The van der Waals surface area contributed by atoms with Gasteiger partial charge in [0.2, 0.25) is 5.91 Å². The number of sulfone groups is 1. The van der Waals surface area contributed by atoms with Crippen molar-refractivity contribution in [2.24, 2.45) is 11.8 Å². The Labute approximate surface area is 251 Å². The van der Waals surface area contributed by atoms with Gasteiger partial charge in [0.15, 0.2) is 9.84 Å². The average molecular weight is 672 g/mol. The molecular weight excluding hydrogens is 647 g/mol. The van der Waals surface area contributed by atoms with E-state index in [0.717, 1.165) is 0 Å². The summed E-state index contributed by atoms with van der Waals surface area (Å²) in [7, 11) is -4.56. The summed E-state index contributed by atoms with van der Waals surface area (Å²) in [4.78, 5) is 26.1. The van der Waals surface area contributed by atoms with E-state index in [4.69, 9.17) is 16.3 Å². The normalized spacial score (nSPS) is 26.0. The standard InChI is InChI=1S/C28H25ClF7NO6S/c29-18-6-8-19(9-7-18)44(41,42)25-11-12-37(23(38)15-1-3-16(4-2-15)24(39)40)22(25)14-43-21-13-17(5-10-20(21)25)26(30,27(31,32)33)28(34,35)36/h5-10,13,15-16,22H,1-4,11-12,14H2,(H,39,40)/t15-,16-,22?,25?. The highest BCUT2D eigenvalue weighted by atomic mass is 35.5. The molecule has 0 aromatic heterocycles. The number of carbonyl (C=O) groups is 2. The zero-order chi connectivity index (χ0) is 32.5. The number of carboxylic acids is 1. The first-order valence-electron chi connectivity index (χ1n) is 13.5. The Kier molecular flexibility index (Phi) is 7.92. The van der Waals surface area contributed by atoms with Gasteiger partial charge in [-0.3, -0.25) is 9.59 Å². The van der Waals surface area contributed by atoms with Crippen molar-refractivity contribution in [3.05, 3.63) is 58.6 Å². The summed E-state index contributed by atoms with van der Waals surface area (Å²) in [5.41, 5.74) is -7.93. The summed E-state index contributed by atoms with van der Waals surface area (Å²) in [5.74, 6) is -3.41. The van der Waals surface area contributed by atoms with Gasteiger partial charge in [0.05, 0.1) is 16.9 Å². The van der Waals surface area contributed by atoms with Crippen LogP contribution in [0.4, 0.5) is 30.7 Å². The first-order valence-corrected chi connectivity index (χ1v) is 15.4. The summed E-state index contributed by atoms with van der Waals surface area (Å²) in [5, 5.41) is 9.48. The van der Waals surface area contributed by atoms with E-state index in [-0.39, 0.29) is 66.3 Å². The minimum Gasteiger partial charge on any atom is -0.491 e. The Bertz CT molecular complexity index is 1560. The first kappa shape index (κ1) is 32.3. The fourth-order valence-corrected chi connectivity index (χ4v) is 9.04. The largest absolute Gasteiger partial charge is 0.491 e. The number of likely N-dealkylation sites (tertiary alicyclic amines) is 1. The summed E-state index contributed by atoms with van der Waals surface area (Å²) < 4.78 is 128. The molecule has 2 fully saturated rings. The van der Waals surface area contributed by atoms with Crippen molar-refractivity contribution < 1.29 is 58.6 Å². The van der Waals surface area contributed by atoms with Gasteiger partial charge in [-0.05, 0) is 62.4 Å². The number of rotatable bonds is 5. The lowest BCUT2D eigenvalue weighted by Gasteiger charge is -2.43. The van der Waals surface area contributed by atoms with Crippen molar-refractivity contribution >= 4 is 33.3 Å². The molecule has 0 radical (unpaired) electrons. The third-order valence-electron chi connectivity index (χ3n) is 8.96. The molecule has 7 nitrogen and oxygen atoms in total.